The molecule has 226 valence electrons. The van der Waals surface area contributed by atoms with Crippen molar-refractivity contribution in [3.05, 3.63) is 23.5 Å². The highest BCUT2D eigenvalue weighted by Gasteiger charge is 2.21. The van der Waals surface area contributed by atoms with E-state index < -0.39 is 0 Å². The van der Waals surface area contributed by atoms with Crippen LogP contribution in [0.25, 0.3) is 11.1 Å². The Balaban J connectivity index is 0.00000280. The van der Waals surface area contributed by atoms with Gasteiger partial charge in [-0.25, -0.2) is 0 Å². The molecule has 0 aliphatic carbocycles. The number of halogens is 2. The Morgan fingerprint density at radius 2 is 0.975 bits per heavy atom. The van der Waals surface area contributed by atoms with E-state index in [4.69, 9.17) is 0 Å². The van der Waals surface area contributed by atoms with Gasteiger partial charge in [0.05, 0.1) is 50.6 Å². The summed E-state index contributed by atoms with van der Waals surface area (Å²) in [6.07, 6.45) is 20.6. The maximum Gasteiger partial charge on any atom is 0.138 e. The number of rotatable bonds is 17. The lowest BCUT2D eigenvalue weighted by Crippen LogP contribution is -3.09. The van der Waals surface area contributed by atoms with Crippen molar-refractivity contribution in [3.63, 3.8) is 0 Å². The van der Waals surface area contributed by atoms with Gasteiger partial charge < -0.3 is 34.6 Å². The van der Waals surface area contributed by atoms with Crippen molar-refractivity contribution < 1.29 is 34.6 Å². The maximum absolute atomic E-state index is 4.61. The van der Waals surface area contributed by atoms with Crippen LogP contribution in [0.2, 0.25) is 0 Å². The number of unbranched alkanes of at least 4 members (excludes halogenated alkanes) is 9. The minimum absolute atomic E-state index is 0. The number of nitrogens with zero attached hydrogens (tertiary/aromatic N) is 4. The molecule has 4 heterocycles. The minimum Gasteiger partial charge on any atom is -1.00 e. The third kappa shape index (κ3) is 12.2. The fraction of sp³-hybridized carbons (Fsp3) is 0.714. The van der Waals surface area contributed by atoms with Crippen molar-refractivity contribution in [3.8, 4) is 0 Å². The van der Waals surface area contributed by atoms with Crippen LogP contribution in [0.1, 0.15) is 88.4 Å². The quantitative estimate of drug-likeness (QED) is 0.164. The molecular formula is C28H46Cl2N6S4. The average molecular weight is 666 g/mol. The molecule has 0 amide bonds. The molecule has 0 aromatic carbocycles. The van der Waals surface area contributed by atoms with E-state index in [1.165, 1.54) is 123 Å². The fourth-order valence-electron chi connectivity index (χ4n) is 5.22. The van der Waals surface area contributed by atoms with E-state index >= 15 is 0 Å². The number of thioether (sulfide) groups is 2. The lowest BCUT2D eigenvalue weighted by atomic mass is 10.1. The lowest BCUT2D eigenvalue weighted by Gasteiger charge is -2.19. The second-order valence-electron chi connectivity index (χ2n) is 10.9. The molecule has 0 fully saturated rings. The molecular weight excluding hydrogens is 620 g/mol. The summed E-state index contributed by atoms with van der Waals surface area (Å²) in [4.78, 5) is 3.15. The van der Waals surface area contributed by atoms with Crippen molar-refractivity contribution in [2.24, 2.45) is 0 Å². The van der Waals surface area contributed by atoms with Crippen LogP contribution in [-0.2, 0) is 0 Å². The Hall–Kier alpha value is -0.200. The molecule has 2 aliphatic heterocycles. The molecule has 12 heteroatoms. The molecule has 2 aromatic heterocycles. The van der Waals surface area contributed by atoms with Gasteiger partial charge in [0.2, 0.25) is 0 Å². The highest BCUT2D eigenvalue weighted by Crippen LogP contribution is 2.29. The summed E-state index contributed by atoms with van der Waals surface area (Å²) < 4.78 is 18.4. The third-order valence-corrected chi connectivity index (χ3v) is 10.8. The number of likely N-dealkylation sites (N-methyl/N-ethyl adjacent to an activating group) is 2. The van der Waals surface area contributed by atoms with Crippen molar-refractivity contribution in [1.29, 1.82) is 0 Å². The number of hydrogen-bond donors (Lipinski definition) is 2. The molecule has 2 N–H and O–H groups in total. The van der Waals surface area contributed by atoms with E-state index in [2.05, 4.69) is 43.7 Å². The molecule has 2 atom stereocenters. The van der Waals surface area contributed by atoms with Gasteiger partial charge in [-0.05, 0) is 24.3 Å². The van der Waals surface area contributed by atoms with E-state index in [0.29, 0.717) is 0 Å². The Morgan fingerprint density at radius 1 is 0.600 bits per heavy atom. The monoisotopic (exact) mass is 664 g/mol. The van der Waals surface area contributed by atoms with Crippen LogP contribution in [0.15, 0.2) is 22.2 Å². The highest BCUT2D eigenvalue weighted by molar-refractivity contribution is 7.99. The summed E-state index contributed by atoms with van der Waals surface area (Å²) in [5, 5.41) is 2.32. The van der Waals surface area contributed by atoms with Crippen LogP contribution in [0.3, 0.4) is 0 Å². The van der Waals surface area contributed by atoms with E-state index in [0.717, 1.165) is 47.4 Å². The van der Waals surface area contributed by atoms with Crippen LogP contribution < -0.4 is 34.6 Å². The zero-order chi connectivity index (χ0) is 26.4. The first-order valence-corrected chi connectivity index (χ1v) is 18.1. The van der Waals surface area contributed by atoms with E-state index in [1.54, 1.807) is 9.80 Å². The molecule has 4 rings (SSSR count). The average Bonchev–Trinajstić information content (AvgIpc) is 3.58. The topological polar surface area (TPSA) is 60.4 Å². The van der Waals surface area contributed by atoms with Gasteiger partial charge in [0.25, 0.3) is 0 Å². The Labute approximate surface area is 271 Å². The standard InChI is InChI=1S/C28H44N6S4.2ClH/c1-33-17-13-15-23(21-33)25-27(31-37-29-25)35-19-11-9-7-5-3-4-6-8-10-12-20-36-28-26(30-38-32-28)24-16-14-18-34(2)22-24;;/h15-16H,3-14,17-22H2,1-2H3;2*1H. The minimum atomic E-state index is 0. The van der Waals surface area contributed by atoms with Crippen molar-refractivity contribution >= 4 is 58.1 Å². The number of aromatic nitrogens is 4. The van der Waals surface area contributed by atoms with Gasteiger partial charge in [-0.3, -0.25) is 0 Å². The summed E-state index contributed by atoms with van der Waals surface area (Å²) in [6, 6.07) is 0. The van der Waals surface area contributed by atoms with E-state index in [-0.39, 0.29) is 24.8 Å². The van der Waals surface area contributed by atoms with Crippen LogP contribution in [0.5, 0.6) is 0 Å². The van der Waals surface area contributed by atoms with Crippen LogP contribution in [-0.4, -0.2) is 69.3 Å². The van der Waals surface area contributed by atoms with Crippen molar-refractivity contribution in [2.75, 3.05) is 51.8 Å². The molecule has 0 radical (unpaired) electrons. The highest BCUT2D eigenvalue weighted by atomic mass is 35.5. The Kier molecular flexibility index (Phi) is 18.6. The summed E-state index contributed by atoms with van der Waals surface area (Å²) in [6.45, 7) is 4.63. The summed E-state index contributed by atoms with van der Waals surface area (Å²) in [5.41, 5.74) is 5.12. The zero-order valence-corrected chi connectivity index (χ0v) is 28.8. The first kappa shape index (κ1) is 36.0. The van der Waals surface area contributed by atoms with E-state index in [9.17, 15) is 0 Å². The fourth-order valence-corrected chi connectivity index (χ4v) is 8.64. The maximum atomic E-state index is 4.61. The van der Waals surface area contributed by atoms with Gasteiger partial charge in [0.15, 0.2) is 0 Å². The molecule has 0 saturated heterocycles. The van der Waals surface area contributed by atoms with Gasteiger partial charge in [0.1, 0.15) is 34.5 Å². The third-order valence-electron chi connectivity index (χ3n) is 7.45. The zero-order valence-electron chi connectivity index (χ0n) is 24.1. The number of nitrogens with one attached hydrogen (secondary N) is 2. The lowest BCUT2D eigenvalue weighted by molar-refractivity contribution is -0.872. The largest absolute Gasteiger partial charge is 1.00 e. The first-order chi connectivity index (χ1) is 18.7. The number of hydrogen-bond acceptors (Lipinski definition) is 8. The van der Waals surface area contributed by atoms with Gasteiger partial charge in [0, 0.05) is 24.0 Å². The molecule has 6 nitrogen and oxygen atoms in total. The van der Waals surface area contributed by atoms with Crippen molar-refractivity contribution in [2.45, 2.75) is 87.1 Å². The predicted molar refractivity (Wildman–Crippen MR) is 166 cm³/mol. The molecule has 2 aromatic rings. The van der Waals surface area contributed by atoms with Gasteiger partial charge in [-0.2, -0.15) is 17.5 Å². The summed E-state index contributed by atoms with van der Waals surface area (Å²) in [7, 11) is 4.54. The van der Waals surface area contributed by atoms with Gasteiger partial charge in [-0.1, -0.05) is 63.5 Å². The summed E-state index contributed by atoms with van der Waals surface area (Å²) in [5.74, 6) is 2.33. The Bertz CT molecular complexity index is 948. The van der Waals surface area contributed by atoms with Crippen molar-refractivity contribution in [1.82, 2.24) is 17.5 Å². The summed E-state index contributed by atoms with van der Waals surface area (Å²) >= 11 is 6.57. The molecule has 2 unspecified atom stereocenters. The van der Waals surface area contributed by atoms with Gasteiger partial charge >= 0.3 is 0 Å². The first-order valence-electron chi connectivity index (χ1n) is 14.6. The molecule has 0 spiro atoms. The second kappa shape index (κ2) is 20.7. The SMILES string of the molecule is C[NH+]1CCC=C(c2nsnc2SCCCCCCCCCCCCSc2nsnc2C2=CCC[NH+](C)C2)C1.[Cl-].[Cl-]. The molecule has 2 aliphatic rings. The Morgan fingerprint density at radius 3 is 1.35 bits per heavy atom. The van der Waals surface area contributed by atoms with Crippen LogP contribution in [0, 0.1) is 0 Å². The van der Waals surface area contributed by atoms with E-state index in [1.807, 2.05) is 23.5 Å². The van der Waals surface area contributed by atoms with Crippen LogP contribution in [0.4, 0.5) is 0 Å². The molecule has 0 bridgehead atoms. The second-order valence-corrected chi connectivity index (χ2v) is 14.1. The number of quaternary nitrogens is 2. The predicted octanol–water partition coefficient (Wildman–Crippen LogP) is -1.21. The smallest absolute Gasteiger partial charge is 0.138 e. The normalized spacial score (nSPS) is 18.9. The van der Waals surface area contributed by atoms with Gasteiger partial charge in [-0.15, -0.1) is 23.5 Å². The molecule has 0 saturated carbocycles. The molecule has 40 heavy (non-hydrogen) atoms. The van der Waals surface area contributed by atoms with Crippen LogP contribution >= 0.6 is 47.0 Å².